The Bertz CT molecular complexity index is 757. The smallest absolute Gasteiger partial charge is 0.481 e. The summed E-state index contributed by atoms with van der Waals surface area (Å²) in [5, 5.41) is 0. The van der Waals surface area contributed by atoms with Crippen LogP contribution >= 0.6 is 0 Å². The lowest BCUT2D eigenvalue weighted by Gasteiger charge is -2.26. The van der Waals surface area contributed by atoms with Gasteiger partial charge in [-0.3, -0.25) is 0 Å². The molecule has 0 aromatic heterocycles. The number of hydrogen-bond donors (Lipinski definition) is 0. The molecule has 3 atom stereocenters. The summed E-state index contributed by atoms with van der Waals surface area (Å²) in [6.45, 7) is 10.4. The number of nitrogens with zero attached hydrogens (tertiary/aromatic N) is 1. The highest BCUT2D eigenvalue weighted by Gasteiger charge is 2.46. The third kappa shape index (κ3) is 8.15. The number of carbonyl (C=O) groups is 2. The summed E-state index contributed by atoms with van der Waals surface area (Å²) in [5.41, 5.74) is 0.411. The highest BCUT2D eigenvalue weighted by molar-refractivity contribution is 5.89. The average molecular weight is 450 g/mol. The van der Waals surface area contributed by atoms with Gasteiger partial charge in [0.25, 0.3) is 0 Å². The first-order valence-corrected chi connectivity index (χ1v) is 11.1. The van der Waals surface area contributed by atoms with Crippen LogP contribution in [-0.4, -0.2) is 56.1 Å². The van der Waals surface area contributed by atoms with Gasteiger partial charge in [-0.15, -0.1) is 0 Å². The molecule has 8 nitrogen and oxygen atoms in total. The maximum Gasteiger partial charge on any atom is 0.508 e. The van der Waals surface area contributed by atoms with Crippen molar-refractivity contribution in [3.63, 3.8) is 0 Å². The first-order chi connectivity index (χ1) is 15.2. The second-order valence-electron chi connectivity index (χ2n) is 8.47. The van der Waals surface area contributed by atoms with Crippen LogP contribution in [0.3, 0.4) is 0 Å². The Morgan fingerprint density at radius 3 is 2.38 bits per heavy atom. The van der Waals surface area contributed by atoms with Crippen molar-refractivity contribution in [2.45, 2.75) is 59.3 Å². The van der Waals surface area contributed by atoms with Gasteiger partial charge in [0.05, 0.1) is 19.8 Å². The SMILES string of the molecule is CCOC(=O)OC[C@@H]1[C@@H](CCOCc2ccccc2)C(OCC)=N[C@H]1C(=O)OC(C)(C)C. The predicted octanol–water partition coefficient (Wildman–Crippen LogP) is 4.16. The molecule has 0 fully saturated rings. The van der Waals surface area contributed by atoms with Crippen LogP contribution in [0, 0.1) is 11.8 Å². The molecule has 0 spiro atoms. The molecule has 0 saturated heterocycles. The van der Waals surface area contributed by atoms with Crippen LogP contribution in [-0.2, 0) is 35.1 Å². The van der Waals surface area contributed by atoms with Gasteiger partial charge >= 0.3 is 12.1 Å². The van der Waals surface area contributed by atoms with Gasteiger partial charge < -0.3 is 23.7 Å². The largest absolute Gasteiger partial charge is 0.508 e. The summed E-state index contributed by atoms with van der Waals surface area (Å²) >= 11 is 0. The fraction of sp³-hybridized carbons (Fsp3) is 0.625. The Kier molecular flexibility index (Phi) is 9.97. The van der Waals surface area contributed by atoms with E-state index in [0.717, 1.165) is 5.56 Å². The summed E-state index contributed by atoms with van der Waals surface area (Å²) in [6, 6.07) is 9.05. The Labute approximate surface area is 190 Å². The van der Waals surface area contributed by atoms with Crippen LogP contribution in [0.4, 0.5) is 4.79 Å². The third-order valence-electron chi connectivity index (χ3n) is 4.79. The van der Waals surface area contributed by atoms with Gasteiger partial charge in [0.2, 0.25) is 0 Å². The third-order valence-corrected chi connectivity index (χ3v) is 4.79. The molecular weight excluding hydrogens is 414 g/mol. The van der Waals surface area contributed by atoms with E-state index in [4.69, 9.17) is 23.7 Å². The molecule has 0 amide bonds. The molecule has 0 saturated carbocycles. The Balaban J connectivity index is 2.10. The van der Waals surface area contributed by atoms with Crippen molar-refractivity contribution < 1.29 is 33.3 Å². The number of benzene rings is 1. The molecular formula is C24H35NO7. The second-order valence-corrected chi connectivity index (χ2v) is 8.47. The topological polar surface area (TPSA) is 92.7 Å². The Hall–Kier alpha value is -2.61. The monoisotopic (exact) mass is 449 g/mol. The van der Waals surface area contributed by atoms with E-state index in [-0.39, 0.29) is 19.1 Å². The molecule has 0 bridgehead atoms. The highest BCUT2D eigenvalue weighted by Crippen LogP contribution is 2.33. The Morgan fingerprint density at radius 2 is 1.75 bits per heavy atom. The fourth-order valence-corrected chi connectivity index (χ4v) is 3.46. The number of carbonyl (C=O) groups excluding carboxylic acids is 2. The van der Waals surface area contributed by atoms with Crippen molar-refractivity contribution in [3.05, 3.63) is 35.9 Å². The minimum Gasteiger partial charge on any atom is -0.481 e. The van der Waals surface area contributed by atoms with Gasteiger partial charge in [0.15, 0.2) is 11.9 Å². The molecule has 32 heavy (non-hydrogen) atoms. The maximum absolute atomic E-state index is 12.9. The van der Waals surface area contributed by atoms with Crippen molar-refractivity contribution in [3.8, 4) is 0 Å². The molecule has 0 N–H and O–H groups in total. The summed E-state index contributed by atoms with van der Waals surface area (Å²) < 4.78 is 27.3. The van der Waals surface area contributed by atoms with Crippen LogP contribution in [0.15, 0.2) is 35.3 Å². The van der Waals surface area contributed by atoms with Crippen molar-refractivity contribution in [2.75, 3.05) is 26.4 Å². The van der Waals surface area contributed by atoms with Gasteiger partial charge in [0, 0.05) is 18.4 Å². The van der Waals surface area contributed by atoms with Gasteiger partial charge in [-0.2, -0.15) is 0 Å². The predicted molar refractivity (Wildman–Crippen MR) is 119 cm³/mol. The van der Waals surface area contributed by atoms with Crippen molar-refractivity contribution in [1.29, 1.82) is 0 Å². The van der Waals surface area contributed by atoms with E-state index in [1.54, 1.807) is 27.7 Å². The minimum atomic E-state index is -0.829. The zero-order chi connectivity index (χ0) is 23.6. The van der Waals surface area contributed by atoms with Crippen LogP contribution in [0.25, 0.3) is 0 Å². The molecule has 0 aliphatic carbocycles. The van der Waals surface area contributed by atoms with E-state index in [1.165, 1.54) is 0 Å². The molecule has 0 radical (unpaired) electrons. The summed E-state index contributed by atoms with van der Waals surface area (Å²) in [6.07, 6.45) is -0.221. The van der Waals surface area contributed by atoms with Gasteiger partial charge in [-0.1, -0.05) is 30.3 Å². The lowest BCUT2D eigenvalue weighted by molar-refractivity contribution is -0.158. The van der Waals surface area contributed by atoms with E-state index < -0.39 is 29.7 Å². The molecule has 178 valence electrons. The maximum atomic E-state index is 12.9. The molecule has 1 aromatic rings. The first kappa shape index (κ1) is 25.6. The quantitative estimate of drug-likeness (QED) is 0.391. The van der Waals surface area contributed by atoms with E-state index in [2.05, 4.69) is 4.99 Å². The number of aliphatic imine (C=N–C) groups is 1. The van der Waals surface area contributed by atoms with Crippen LogP contribution in [0.2, 0.25) is 0 Å². The molecule has 1 aliphatic rings. The number of rotatable bonds is 10. The number of esters is 1. The van der Waals surface area contributed by atoms with Crippen LogP contribution < -0.4 is 0 Å². The molecule has 1 aromatic carbocycles. The van der Waals surface area contributed by atoms with Gasteiger partial charge in [-0.25, -0.2) is 14.6 Å². The second kappa shape index (κ2) is 12.4. The Morgan fingerprint density at radius 1 is 1.03 bits per heavy atom. The van der Waals surface area contributed by atoms with Crippen molar-refractivity contribution >= 4 is 18.0 Å². The summed E-state index contributed by atoms with van der Waals surface area (Å²) in [4.78, 5) is 29.2. The number of ether oxygens (including phenoxy) is 5. The fourth-order valence-electron chi connectivity index (χ4n) is 3.46. The van der Waals surface area contributed by atoms with Gasteiger partial charge in [0.1, 0.15) is 12.2 Å². The van der Waals surface area contributed by atoms with Gasteiger partial charge in [-0.05, 0) is 46.6 Å². The normalized spacial score (nSPS) is 20.4. The molecule has 8 heteroatoms. The van der Waals surface area contributed by atoms with E-state index >= 15 is 0 Å². The van der Waals surface area contributed by atoms with Crippen molar-refractivity contribution in [1.82, 2.24) is 0 Å². The zero-order valence-corrected chi connectivity index (χ0v) is 19.7. The van der Waals surface area contributed by atoms with E-state index in [0.29, 0.717) is 32.1 Å². The van der Waals surface area contributed by atoms with Crippen molar-refractivity contribution in [2.24, 2.45) is 16.8 Å². The minimum absolute atomic E-state index is 0.0355. The lowest BCUT2D eigenvalue weighted by atomic mass is 9.87. The summed E-state index contributed by atoms with van der Waals surface area (Å²) in [5.74, 6) is -0.696. The molecule has 1 aliphatic heterocycles. The highest BCUT2D eigenvalue weighted by atomic mass is 16.7. The van der Waals surface area contributed by atoms with Crippen LogP contribution in [0.1, 0.15) is 46.6 Å². The summed E-state index contributed by atoms with van der Waals surface area (Å²) in [7, 11) is 0. The lowest BCUT2D eigenvalue weighted by Crippen LogP contribution is -2.38. The zero-order valence-electron chi connectivity index (χ0n) is 19.7. The molecule has 2 rings (SSSR count). The van der Waals surface area contributed by atoms with E-state index in [9.17, 15) is 9.59 Å². The number of hydrogen-bond acceptors (Lipinski definition) is 8. The van der Waals surface area contributed by atoms with E-state index in [1.807, 2.05) is 37.3 Å². The first-order valence-electron chi connectivity index (χ1n) is 11.1. The molecule has 0 unspecified atom stereocenters. The molecule has 1 heterocycles. The van der Waals surface area contributed by atoms with Crippen LogP contribution in [0.5, 0.6) is 0 Å². The average Bonchev–Trinajstić information content (AvgIpc) is 3.07. The standard InChI is InChI=1S/C24H35NO7/c1-6-29-21-18(13-14-28-15-17-11-9-8-10-12-17)19(16-31-23(27)30-7-2)20(25-21)22(26)32-24(3,4)5/h8-12,18-20H,6-7,13-16H2,1-5H3/t18-,19-,20-/m1/s1.